The second kappa shape index (κ2) is 6.70. The van der Waals surface area contributed by atoms with Crippen molar-refractivity contribution in [3.63, 3.8) is 0 Å². The molecule has 1 saturated heterocycles. The first kappa shape index (κ1) is 14.1. The van der Waals surface area contributed by atoms with Gasteiger partial charge in [-0.3, -0.25) is 0 Å². The summed E-state index contributed by atoms with van der Waals surface area (Å²) in [6.45, 7) is 4.98. The number of rotatable bonds is 5. The molecule has 1 aromatic rings. The van der Waals surface area contributed by atoms with E-state index in [1.807, 2.05) is 6.07 Å². The fourth-order valence-electron chi connectivity index (χ4n) is 2.65. The first-order chi connectivity index (χ1) is 9.22. The Morgan fingerprint density at radius 1 is 1.47 bits per heavy atom. The van der Waals surface area contributed by atoms with Gasteiger partial charge in [-0.05, 0) is 25.2 Å². The second-order valence-electron chi connectivity index (χ2n) is 5.23. The third kappa shape index (κ3) is 3.80. The Morgan fingerprint density at radius 3 is 3.05 bits per heavy atom. The predicted octanol–water partition coefficient (Wildman–Crippen LogP) is 1.87. The van der Waals surface area contributed by atoms with E-state index >= 15 is 0 Å². The van der Waals surface area contributed by atoms with Gasteiger partial charge in [0.1, 0.15) is 17.5 Å². The van der Waals surface area contributed by atoms with Gasteiger partial charge in [-0.2, -0.15) is 0 Å². The number of nitrogen functional groups attached to an aromatic ring is 1. The van der Waals surface area contributed by atoms with E-state index in [-0.39, 0.29) is 0 Å². The van der Waals surface area contributed by atoms with Crippen LogP contribution in [0.2, 0.25) is 0 Å². The van der Waals surface area contributed by atoms with Crippen LogP contribution in [0.15, 0.2) is 6.07 Å². The molecule has 0 saturated carbocycles. The Balaban J connectivity index is 2.11. The van der Waals surface area contributed by atoms with E-state index in [1.165, 1.54) is 12.8 Å². The minimum Gasteiger partial charge on any atom is -0.384 e. The molecule has 0 aliphatic carbocycles. The average molecular weight is 264 g/mol. The minimum atomic E-state index is 0.572. The molecule has 0 amide bonds. The number of methoxy groups -OCH3 is 1. The molecule has 1 aliphatic heterocycles. The van der Waals surface area contributed by atoms with Crippen molar-refractivity contribution in [3.8, 4) is 0 Å². The van der Waals surface area contributed by atoms with Gasteiger partial charge in [0.05, 0.1) is 6.61 Å². The lowest BCUT2D eigenvalue weighted by atomic mass is 9.99. The fourth-order valence-corrected chi connectivity index (χ4v) is 2.65. The number of anilines is 2. The summed E-state index contributed by atoms with van der Waals surface area (Å²) in [7, 11) is 1.76. The summed E-state index contributed by atoms with van der Waals surface area (Å²) in [5, 5.41) is 0. The zero-order chi connectivity index (χ0) is 13.7. The molecule has 0 spiro atoms. The molecular weight excluding hydrogens is 240 g/mol. The summed E-state index contributed by atoms with van der Waals surface area (Å²) < 4.78 is 5.27. The highest BCUT2D eigenvalue weighted by molar-refractivity contribution is 5.47. The third-order valence-electron chi connectivity index (χ3n) is 3.50. The van der Waals surface area contributed by atoms with Crippen molar-refractivity contribution in [2.75, 3.05) is 37.4 Å². The summed E-state index contributed by atoms with van der Waals surface area (Å²) >= 11 is 0. The maximum Gasteiger partial charge on any atom is 0.134 e. The van der Waals surface area contributed by atoms with Gasteiger partial charge in [-0.1, -0.05) is 6.92 Å². The molecule has 5 nitrogen and oxygen atoms in total. The fraction of sp³-hybridized carbons (Fsp3) is 0.714. The van der Waals surface area contributed by atoms with Crippen LogP contribution in [-0.4, -0.2) is 36.8 Å². The summed E-state index contributed by atoms with van der Waals surface area (Å²) in [5.74, 6) is 2.98. The standard InChI is InChI=1S/C14H24N4O/c1-3-5-13-16-12(15)8-14(17-13)18-7-4-6-11(9-18)10-19-2/h8,11H,3-7,9-10H2,1-2H3,(H2,15,16,17). The molecule has 1 fully saturated rings. The maximum atomic E-state index is 5.89. The Bertz CT molecular complexity index is 408. The number of hydrogen-bond donors (Lipinski definition) is 1. The van der Waals surface area contributed by atoms with Gasteiger partial charge in [0.25, 0.3) is 0 Å². The van der Waals surface area contributed by atoms with Crippen molar-refractivity contribution in [1.29, 1.82) is 0 Å². The smallest absolute Gasteiger partial charge is 0.134 e. The van der Waals surface area contributed by atoms with Crippen LogP contribution in [0.4, 0.5) is 11.6 Å². The molecule has 2 heterocycles. The summed E-state index contributed by atoms with van der Waals surface area (Å²) in [6, 6.07) is 1.88. The van der Waals surface area contributed by atoms with Gasteiger partial charge in [0, 0.05) is 32.7 Å². The lowest BCUT2D eigenvalue weighted by Crippen LogP contribution is -2.37. The number of nitrogens with zero attached hydrogens (tertiary/aromatic N) is 3. The van der Waals surface area contributed by atoms with Crippen LogP contribution in [0.1, 0.15) is 32.0 Å². The first-order valence-electron chi connectivity index (χ1n) is 7.10. The Hall–Kier alpha value is -1.36. The van der Waals surface area contributed by atoms with Crippen molar-refractivity contribution >= 4 is 11.6 Å². The molecule has 2 rings (SSSR count). The van der Waals surface area contributed by atoms with Gasteiger partial charge >= 0.3 is 0 Å². The van der Waals surface area contributed by atoms with Crippen molar-refractivity contribution < 1.29 is 4.74 Å². The highest BCUT2D eigenvalue weighted by Gasteiger charge is 2.21. The highest BCUT2D eigenvalue weighted by Crippen LogP contribution is 2.23. The van der Waals surface area contributed by atoms with Crippen molar-refractivity contribution in [1.82, 2.24) is 9.97 Å². The van der Waals surface area contributed by atoms with E-state index < -0.39 is 0 Å². The quantitative estimate of drug-likeness (QED) is 0.879. The number of hydrogen-bond acceptors (Lipinski definition) is 5. The van der Waals surface area contributed by atoms with Gasteiger partial charge in [-0.25, -0.2) is 9.97 Å². The number of piperidine rings is 1. The molecule has 0 bridgehead atoms. The molecule has 1 unspecified atom stereocenters. The van der Waals surface area contributed by atoms with Crippen LogP contribution in [-0.2, 0) is 11.2 Å². The molecule has 1 aliphatic rings. The minimum absolute atomic E-state index is 0.572. The molecule has 1 atom stereocenters. The molecule has 106 valence electrons. The zero-order valence-electron chi connectivity index (χ0n) is 11.9. The van der Waals surface area contributed by atoms with Crippen LogP contribution in [0.3, 0.4) is 0 Å². The third-order valence-corrected chi connectivity index (χ3v) is 3.50. The van der Waals surface area contributed by atoms with E-state index in [1.54, 1.807) is 7.11 Å². The number of ether oxygens (including phenoxy) is 1. The zero-order valence-corrected chi connectivity index (χ0v) is 11.9. The lowest BCUT2D eigenvalue weighted by molar-refractivity contribution is 0.143. The molecular formula is C14H24N4O. The molecule has 1 aromatic heterocycles. The molecule has 0 aromatic carbocycles. The van der Waals surface area contributed by atoms with E-state index in [0.29, 0.717) is 11.7 Å². The monoisotopic (exact) mass is 264 g/mol. The second-order valence-corrected chi connectivity index (χ2v) is 5.23. The Kier molecular flexibility index (Phi) is 4.96. The molecule has 2 N–H and O–H groups in total. The predicted molar refractivity (Wildman–Crippen MR) is 77.3 cm³/mol. The Labute approximate surface area is 115 Å². The van der Waals surface area contributed by atoms with Gasteiger partial charge in [-0.15, -0.1) is 0 Å². The number of aromatic nitrogens is 2. The van der Waals surface area contributed by atoms with Crippen molar-refractivity contribution in [3.05, 3.63) is 11.9 Å². The normalized spacial score (nSPS) is 19.7. The maximum absolute atomic E-state index is 5.89. The first-order valence-corrected chi connectivity index (χ1v) is 7.10. The summed E-state index contributed by atoms with van der Waals surface area (Å²) in [5.41, 5.74) is 5.89. The highest BCUT2D eigenvalue weighted by atomic mass is 16.5. The van der Waals surface area contributed by atoms with E-state index in [9.17, 15) is 0 Å². The van der Waals surface area contributed by atoms with Crippen LogP contribution < -0.4 is 10.6 Å². The van der Waals surface area contributed by atoms with Crippen LogP contribution in [0, 0.1) is 5.92 Å². The van der Waals surface area contributed by atoms with Crippen LogP contribution in [0.5, 0.6) is 0 Å². The van der Waals surface area contributed by atoms with E-state index in [4.69, 9.17) is 10.5 Å². The van der Waals surface area contributed by atoms with E-state index in [0.717, 1.165) is 44.2 Å². The summed E-state index contributed by atoms with van der Waals surface area (Å²) in [6.07, 6.45) is 4.33. The van der Waals surface area contributed by atoms with Crippen molar-refractivity contribution in [2.45, 2.75) is 32.6 Å². The summed E-state index contributed by atoms with van der Waals surface area (Å²) in [4.78, 5) is 11.2. The van der Waals surface area contributed by atoms with Crippen LogP contribution >= 0.6 is 0 Å². The molecule has 5 heteroatoms. The lowest BCUT2D eigenvalue weighted by Gasteiger charge is -2.33. The van der Waals surface area contributed by atoms with Crippen molar-refractivity contribution in [2.24, 2.45) is 5.92 Å². The van der Waals surface area contributed by atoms with Gasteiger partial charge < -0.3 is 15.4 Å². The topological polar surface area (TPSA) is 64.3 Å². The molecule has 19 heavy (non-hydrogen) atoms. The van der Waals surface area contributed by atoms with Crippen LogP contribution in [0.25, 0.3) is 0 Å². The average Bonchev–Trinajstić information content (AvgIpc) is 2.39. The SMILES string of the molecule is CCCc1nc(N)cc(N2CCCC(COC)C2)n1. The van der Waals surface area contributed by atoms with Gasteiger partial charge in [0.15, 0.2) is 0 Å². The number of nitrogens with two attached hydrogens (primary N) is 1. The van der Waals surface area contributed by atoms with E-state index in [2.05, 4.69) is 21.8 Å². The number of aryl methyl sites for hydroxylation is 1. The molecule has 0 radical (unpaired) electrons. The Morgan fingerprint density at radius 2 is 2.32 bits per heavy atom. The van der Waals surface area contributed by atoms with Gasteiger partial charge in [0.2, 0.25) is 0 Å². The largest absolute Gasteiger partial charge is 0.384 e.